The highest BCUT2D eigenvalue weighted by molar-refractivity contribution is 5.27. The Labute approximate surface area is 56.2 Å². The summed E-state index contributed by atoms with van der Waals surface area (Å²) < 4.78 is 0. The zero-order valence-electron chi connectivity index (χ0n) is 6.07. The molecule has 0 aromatic carbocycles. The van der Waals surface area contributed by atoms with E-state index in [1.165, 1.54) is 0 Å². The minimum atomic E-state index is 0.564. The molecule has 0 atom stereocenters. The molecule has 0 saturated carbocycles. The number of allylic oxidation sites excluding steroid dienone is 2. The summed E-state index contributed by atoms with van der Waals surface area (Å²) in [6, 6.07) is 0. The maximum Gasteiger partial charge on any atom is 0.0287 e. The third-order valence-electron chi connectivity index (χ3n) is 1.34. The molecular weight excluding hydrogens is 112 g/mol. The van der Waals surface area contributed by atoms with Gasteiger partial charge in [-0.1, -0.05) is 13.5 Å². The second-order valence-corrected chi connectivity index (χ2v) is 2.03. The fraction of sp³-hybridized carbons (Fsp3) is 0.429. The first-order valence-electron chi connectivity index (χ1n) is 2.99. The molecule has 0 rings (SSSR count). The molecule has 9 heavy (non-hydrogen) atoms. The predicted octanol–water partition coefficient (Wildman–Crippen LogP) is 1.10. The van der Waals surface area contributed by atoms with E-state index in [-0.39, 0.29) is 0 Å². The van der Waals surface area contributed by atoms with Gasteiger partial charge in [0.25, 0.3) is 0 Å². The molecule has 4 N–H and O–H groups in total. The largest absolute Gasteiger partial charge is 0.402 e. The van der Waals surface area contributed by atoms with Crippen LogP contribution >= 0.6 is 0 Å². The fourth-order valence-corrected chi connectivity index (χ4v) is 0.471. The van der Waals surface area contributed by atoms with Crippen LogP contribution in [0.5, 0.6) is 0 Å². The van der Waals surface area contributed by atoms with Gasteiger partial charge in [0.1, 0.15) is 0 Å². The Morgan fingerprint density at radius 1 is 1.44 bits per heavy atom. The summed E-state index contributed by atoms with van der Waals surface area (Å²) in [5, 5.41) is 0. The predicted molar refractivity (Wildman–Crippen MR) is 40.5 cm³/mol. The Balaban J connectivity index is 4.28. The van der Waals surface area contributed by atoms with Crippen molar-refractivity contribution in [1.82, 2.24) is 0 Å². The lowest BCUT2D eigenvalue weighted by atomic mass is 10.1. The Hall–Kier alpha value is -0.920. The van der Waals surface area contributed by atoms with Crippen LogP contribution in [-0.4, -0.2) is 0 Å². The Bertz CT molecular complexity index is 145. The molecule has 0 spiro atoms. The van der Waals surface area contributed by atoms with Crippen molar-refractivity contribution in [2.75, 3.05) is 0 Å². The zero-order chi connectivity index (χ0) is 7.44. The van der Waals surface area contributed by atoms with Crippen molar-refractivity contribution in [1.29, 1.82) is 0 Å². The number of nitrogens with two attached hydrogens (primary N) is 2. The second-order valence-electron chi connectivity index (χ2n) is 2.03. The van der Waals surface area contributed by atoms with Crippen LogP contribution in [0.4, 0.5) is 0 Å². The van der Waals surface area contributed by atoms with Gasteiger partial charge >= 0.3 is 0 Å². The molecule has 2 nitrogen and oxygen atoms in total. The molecule has 52 valence electrons. The van der Waals surface area contributed by atoms with Crippen molar-refractivity contribution >= 4 is 0 Å². The van der Waals surface area contributed by atoms with E-state index >= 15 is 0 Å². The molecule has 0 fully saturated rings. The molecule has 0 unspecified atom stereocenters. The smallest absolute Gasteiger partial charge is 0.0287 e. The molecule has 0 aliphatic heterocycles. The van der Waals surface area contributed by atoms with Crippen LogP contribution in [0.15, 0.2) is 23.5 Å². The van der Waals surface area contributed by atoms with E-state index in [2.05, 4.69) is 6.58 Å². The molecule has 0 amide bonds. The summed E-state index contributed by atoms with van der Waals surface area (Å²) in [5.41, 5.74) is 13.2. The molecule has 0 aliphatic rings. The third-order valence-corrected chi connectivity index (χ3v) is 1.34. The average molecular weight is 126 g/mol. The van der Waals surface area contributed by atoms with Crippen LogP contribution in [0.2, 0.25) is 0 Å². The fourth-order valence-electron chi connectivity index (χ4n) is 0.471. The van der Waals surface area contributed by atoms with Gasteiger partial charge in [-0.05, 0) is 18.9 Å². The molecule has 0 heterocycles. The van der Waals surface area contributed by atoms with Crippen molar-refractivity contribution in [3.63, 3.8) is 0 Å². The highest BCUT2D eigenvalue weighted by Crippen LogP contribution is 2.05. The van der Waals surface area contributed by atoms with Gasteiger partial charge in [-0.25, -0.2) is 0 Å². The quantitative estimate of drug-likeness (QED) is 0.544. The number of hydrogen-bond donors (Lipinski definition) is 2. The summed E-state index contributed by atoms with van der Waals surface area (Å²) in [6.07, 6.45) is 0.835. The number of rotatable bonds is 2. The Morgan fingerprint density at radius 3 is 2.00 bits per heavy atom. The highest BCUT2D eigenvalue weighted by atomic mass is 14.6. The molecule has 0 radical (unpaired) electrons. The van der Waals surface area contributed by atoms with Gasteiger partial charge in [0.15, 0.2) is 0 Å². The standard InChI is InChI=1S/C7H14N2/c1-4-7(9)5(2)6(3)8/h3-4,8-9H2,1-2H3/b7-5+. The lowest BCUT2D eigenvalue weighted by molar-refractivity contribution is 1.02. The third kappa shape index (κ3) is 2.22. The molecule has 2 heteroatoms. The Kier molecular flexibility index (Phi) is 2.85. The normalized spacial score (nSPS) is 12.7. The van der Waals surface area contributed by atoms with Gasteiger partial charge in [-0.3, -0.25) is 0 Å². The lowest BCUT2D eigenvalue weighted by Gasteiger charge is -2.02. The Morgan fingerprint density at radius 2 is 1.89 bits per heavy atom. The van der Waals surface area contributed by atoms with Gasteiger partial charge in [-0.2, -0.15) is 0 Å². The van der Waals surface area contributed by atoms with Crippen molar-refractivity contribution in [3.8, 4) is 0 Å². The van der Waals surface area contributed by atoms with E-state index in [0.29, 0.717) is 5.70 Å². The maximum absolute atomic E-state index is 5.56. The van der Waals surface area contributed by atoms with Crippen LogP contribution in [0.1, 0.15) is 20.3 Å². The molecule has 0 bridgehead atoms. The molecule has 0 aliphatic carbocycles. The minimum absolute atomic E-state index is 0.564. The van der Waals surface area contributed by atoms with Crippen LogP contribution in [0, 0.1) is 0 Å². The monoisotopic (exact) mass is 126 g/mol. The molecule has 0 aromatic rings. The van der Waals surface area contributed by atoms with Crippen molar-refractivity contribution in [2.24, 2.45) is 11.5 Å². The van der Waals surface area contributed by atoms with Crippen LogP contribution < -0.4 is 11.5 Å². The van der Waals surface area contributed by atoms with E-state index in [0.717, 1.165) is 17.7 Å². The first-order valence-corrected chi connectivity index (χ1v) is 2.99. The van der Waals surface area contributed by atoms with Crippen LogP contribution in [-0.2, 0) is 0 Å². The van der Waals surface area contributed by atoms with E-state index in [4.69, 9.17) is 11.5 Å². The summed E-state index contributed by atoms with van der Waals surface area (Å²) in [6.45, 7) is 7.43. The van der Waals surface area contributed by atoms with Gasteiger partial charge in [0.05, 0.1) is 0 Å². The lowest BCUT2D eigenvalue weighted by Crippen LogP contribution is -2.05. The SMILES string of the molecule is C=C(N)/C(C)=C(/N)CC. The first-order chi connectivity index (χ1) is 4.09. The van der Waals surface area contributed by atoms with Crippen LogP contribution in [0.3, 0.4) is 0 Å². The summed E-state index contributed by atoms with van der Waals surface area (Å²) >= 11 is 0. The average Bonchev–Trinajstić information content (AvgIpc) is 1.84. The van der Waals surface area contributed by atoms with Gasteiger partial charge in [0, 0.05) is 11.4 Å². The van der Waals surface area contributed by atoms with Gasteiger partial charge < -0.3 is 11.5 Å². The molecular formula is C7H14N2. The van der Waals surface area contributed by atoms with Crippen LogP contribution in [0.25, 0.3) is 0 Å². The molecule has 0 saturated heterocycles. The van der Waals surface area contributed by atoms with Crippen molar-refractivity contribution in [3.05, 3.63) is 23.5 Å². The summed E-state index contributed by atoms with van der Waals surface area (Å²) in [5.74, 6) is 0. The summed E-state index contributed by atoms with van der Waals surface area (Å²) in [4.78, 5) is 0. The van der Waals surface area contributed by atoms with E-state index in [1.54, 1.807) is 0 Å². The number of hydrogen-bond acceptors (Lipinski definition) is 2. The van der Waals surface area contributed by atoms with E-state index < -0.39 is 0 Å². The van der Waals surface area contributed by atoms with Crippen molar-refractivity contribution < 1.29 is 0 Å². The van der Waals surface area contributed by atoms with Crippen molar-refractivity contribution in [2.45, 2.75) is 20.3 Å². The van der Waals surface area contributed by atoms with E-state index in [9.17, 15) is 0 Å². The summed E-state index contributed by atoms with van der Waals surface area (Å²) in [7, 11) is 0. The van der Waals surface area contributed by atoms with Gasteiger partial charge in [0.2, 0.25) is 0 Å². The topological polar surface area (TPSA) is 52.0 Å². The first kappa shape index (κ1) is 8.08. The minimum Gasteiger partial charge on any atom is -0.402 e. The van der Waals surface area contributed by atoms with Gasteiger partial charge in [-0.15, -0.1) is 0 Å². The molecule has 0 aromatic heterocycles. The highest BCUT2D eigenvalue weighted by Gasteiger charge is 1.94. The second kappa shape index (κ2) is 3.17. The van der Waals surface area contributed by atoms with E-state index in [1.807, 2.05) is 13.8 Å². The maximum atomic E-state index is 5.56. The zero-order valence-corrected chi connectivity index (χ0v) is 6.07.